The number of H-pyrrole nitrogens is 1. The van der Waals surface area contributed by atoms with Crippen LogP contribution in [0.4, 0.5) is 0 Å². The highest BCUT2D eigenvalue weighted by Crippen LogP contribution is 2.42. The van der Waals surface area contributed by atoms with Gasteiger partial charge < -0.3 is 15.6 Å². The molecule has 114 valence electrons. The van der Waals surface area contributed by atoms with E-state index >= 15 is 0 Å². The van der Waals surface area contributed by atoms with Gasteiger partial charge in [0.05, 0.1) is 6.07 Å². The summed E-state index contributed by atoms with van der Waals surface area (Å²) in [7, 11) is 0. The molecule has 0 unspecified atom stereocenters. The Morgan fingerprint density at radius 3 is 2.68 bits per heavy atom. The van der Waals surface area contributed by atoms with Crippen molar-refractivity contribution < 1.29 is 9.59 Å². The maximum atomic E-state index is 12.6. The number of hydrogen-bond donors (Lipinski definition) is 2. The topological polar surface area (TPSA) is 120 Å². The second-order valence-electron chi connectivity index (χ2n) is 5.90. The van der Waals surface area contributed by atoms with Gasteiger partial charge in [-0.05, 0) is 30.9 Å². The van der Waals surface area contributed by atoms with E-state index in [1.54, 1.807) is 4.90 Å². The minimum Gasteiger partial charge on any atom is -0.365 e. The Morgan fingerprint density at radius 1 is 1.41 bits per heavy atom. The standard InChI is InChI=1S/C15H16N4O3/c16-8-15(3-1-4-15)14(22)19-5-2-11-9(7-19)6-10(12(17)20)13(21)18-11/h6H,1-5,7H2,(H2,17,20)(H,18,21). The number of aromatic amines is 1. The van der Waals surface area contributed by atoms with E-state index in [-0.39, 0.29) is 18.0 Å². The van der Waals surface area contributed by atoms with E-state index in [1.807, 2.05) is 0 Å². The molecule has 1 aliphatic heterocycles. The van der Waals surface area contributed by atoms with Crippen LogP contribution in [0.25, 0.3) is 0 Å². The first-order valence-corrected chi connectivity index (χ1v) is 7.22. The number of carbonyl (C=O) groups excluding carboxylic acids is 2. The zero-order valence-electron chi connectivity index (χ0n) is 12.0. The van der Waals surface area contributed by atoms with Crippen molar-refractivity contribution >= 4 is 11.8 Å². The lowest BCUT2D eigenvalue weighted by atomic mass is 9.69. The lowest BCUT2D eigenvalue weighted by Gasteiger charge is -2.39. The highest BCUT2D eigenvalue weighted by Gasteiger charge is 2.47. The second-order valence-corrected chi connectivity index (χ2v) is 5.90. The molecule has 1 fully saturated rings. The molecule has 0 radical (unpaired) electrons. The third kappa shape index (κ3) is 2.08. The van der Waals surface area contributed by atoms with Crippen LogP contribution in [0.2, 0.25) is 0 Å². The second kappa shape index (κ2) is 4.98. The third-order valence-electron chi connectivity index (χ3n) is 4.59. The van der Waals surface area contributed by atoms with Gasteiger partial charge in [0.25, 0.3) is 11.5 Å². The summed E-state index contributed by atoms with van der Waals surface area (Å²) in [6.07, 6.45) is 2.59. The summed E-state index contributed by atoms with van der Waals surface area (Å²) < 4.78 is 0. The van der Waals surface area contributed by atoms with Gasteiger partial charge in [-0.3, -0.25) is 14.4 Å². The van der Waals surface area contributed by atoms with Crippen LogP contribution < -0.4 is 11.3 Å². The normalized spacial score (nSPS) is 18.8. The van der Waals surface area contributed by atoms with Gasteiger partial charge in [0.2, 0.25) is 5.91 Å². The summed E-state index contributed by atoms with van der Waals surface area (Å²) >= 11 is 0. The summed E-state index contributed by atoms with van der Waals surface area (Å²) in [6.45, 7) is 0.746. The number of primary amides is 1. The van der Waals surface area contributed by atoms with Crippen LogP contribution in [0.1, 0.15) is 40.9 Å². The lowest BCUT2D eigenvalue weighted by Crippen LogP contribution is -2.49. The van der Waals surface area contributed by atoms with E-state index in [9.17, 15) is 19.6 Å². The first-order chi connectivity index (χ1) is 10.5. The van der Waals surface area contributed by atoms with Crippen molar-refractivity contribution in [3.63, 3.8) is 0 Å². The molecular formula is C15H16N4O3. The zero-order chi connectivity index (χ0) is 15.9. The molecule has 0 bridgehead atoms. The van der Waals surface area contributed by atoms with Gasteiger partial charge in [0.1, 0.15) is 11.0 Å². The van der Waals surface area contributed by atoms with Crippen molar-refractivity contribution in [2.75, 3.05) is 6.54 Å². The number of nitriles is 1. The van der Waals surface area contributed by atoms with Crippen LogP contribution in [0.3, 0.4) is 0 Å². The smallest absolute Gasteiger partial charge is 0.261 e. The van der Waals surface area contributed by atoms with Gasteiger partial charge in [-0.1, -0.05) is 0 Å². The summed E-state index contributed by atoms with van der Waals surface area (Å²) in [5.41, 5.74) is 5.12. The minimum atomic E-state index is -0.883. The fourth-order valence-electron chi connectivity index (χ4n) is 3.07. The fourth-order valence-corrected chi connectivity index (χ4v) is 3.07. The molecule has 7 nitrogen and oxygen atoms in total. The Hall–Kier alpha value is -2.62. The highest BCUT2D eigenvalue weighted by atomic mass is 16.2. The number of fused-ring (bicyclic) bond motifs is 1. The molecule has 0 aromatic carbocycles. The van der Waals surface area contributed by atoms with E-state index in [1.165, 1.54) is 6.07 Å². The summed E-state index contributed by atoms with van der Waals surface area (Å²) in [4.78, 5) is 39.9. The van der Waals surface area contributed by atoms with Crippen LogP contribution in [0.15, 0.2) is 10.9 Å². The van der Waals surface area contributed by atoms with E-state index in [0.717, 1.165) is 12.1 Å². The molecular weight excluding hydrogens is 284 g/mol. The van der Waals surface area contributed by atoms with Gasteiger partial charge >= 0.3 is 0 Å². The average Bonchev–Trinajstić information content (AvgIpc) is 2.45. The van der Waals surface area contributed by atoms with E-state index in [2.05, 4.69) is 11.1 Å². The molecule has 1 aromatic heterocycles. The molecule has 2 heterocycles. The first-order valence-electron chi connectivity index (χ1n) is 7.22. The Balaban J connectivity index is 1.89. The van der Waals surface area contributed by atoms with Gasteiger partial charge in [0, 0.05) is 25.2 Å². The summed E-state index contributed by atoms with van der Waals surface area (Å²) in [5.74, 6) is -0.946. The molecule has 3 N–H and O–H groups in total. The third-order valence-corrected chi connectivity index (χ3v) is 4.59. The number of aromatic nitrogens is 1. The molecule has 22 heavy (non-hydrogen) atoms. The number of amides is 2. The maximum absolute atomic E-state index is 12.6. The van der Waals surface area contributed by atoms with Crippen molar-refractivity contribution in [1.29, 1.82) is 5.26 Å². The van der Waals surface area contributed by atoms with Gasteiger partial charge in [0.15, 0.2) is 0 Å². The molecule has 1 aromatic rings. The number of carbonyl (C=O) groups is 2. The molecule has 3 rings (SSSR count). The first kappa shape index (κ1) is 14.3. The van der Waals surface area contributed by atoms with Crippen LogP contribution in [-0.2, 0) is 17.8 Å². The van der Waals surface area contributed by atoms with Crippen LogP contribution in [-0.4, -0.2) is 28.2 Å². The molecule has 0 saturated heterocycles. The highest BCUT2D eigenvalue weighted by molar-refractivity contribution is 5.92. The largest absolute Gasteiger partial charge is 0.365 e. The maximum Gasteiger partial charge on any atom is 0.261 e. The van der Waals surface area contributed by atoms with E-state index < -0.39 is 16.9 Å². The van der Waals surface area contributed by atoms with Crippen molar-refractivity contribution in [1.82, 2.24) is 9.88 Å². The summed E-state index contributed by atoms with van der Waals surface area (Å²) in [6, 6.07) is 3.61. The van der Waals surface area contributed by atoms with Crippen LogP contribution in [0.5, 0.6) is 0 Å². The Kier molecular flexibility index (Phi) is 3.24. The van der Waals surface area contributed by atoms with Crippen molar-refractivity contribution in [2.24, 2.45) is 11.1 Å². The molecule has 7 heteroatoms. The van der Waals surface area contributed by atoms with Crippen LogP contribution in [0, 0.1) is 16.7 Å². The predicted octanol–water partition coefficient (Wildman–Crippen LogP) is 0.0524. The Bertz CT molecular complexity index is 755. The number of rotatable bonds is 2. The lowest BCUT2D eigenvalue weighted by molar-refractivity contribution is -0.144. The van der Waals surface area contributed by atoms with Crippen molar-refractivity contribution in [3.05, 3.63) is 33.2 Å². The Labute approximate surface area is 126 Å². The number of nitrogens with two attached hydrogens (primary N) is 1. The fraction of sp³-hybridized carbons (Fsp3) is 0.467. The quantitative estimate of drug-likeness (QED) is 0.801. The van der Waals surface area contributed by atoms with Crippen molar-refractivity contribution in [3.8, 4) is 6.07 Å². The van der Waals surface area contributed by atoms with Gasteiger partial charge in [-0.15, -0.1) is 0 Å². The van der Waals surface area contributed by atoms with E-state index in [4.69, 9.17) is 5.73 Å². The number of nitrogens with zero attached hydrogens (tertiary/aromatic N) is 2. The minimum absolute atomic E-state index is 0.105. The number of hydrogen-bond acceptors (Lipinski definition) is 4. The number of nitrogens with one attached hydrogen (secondary N) is 1. The van der Waals surface area contributed by atoms with Gasteiger partial charge in [-0.2, -0.15) is 5.26 Å². The SMILES string of the molecule is N#CC1(C(=O)N2CCc3[nH]c(=O)c(C(N)=O)cc3C2)CCC1. The monoisotopic (exact) mass is 300 g/mol. The summed E-state index contributed by atoms with van der Waals surface area (Å²) in [5, 5.41) is 9.28. The van der Waals surface area contributed by atoms with Crippen LogP contribution >= 0.6 is 0 Å². The molecule has 0 spiro atoms. The molecule has 0 atom stereocenters. The molecule has 2 amide bonds. The zero-order valence-corrected chi connectivity index (χ0v) is 12.0. The van der Waals surface area contributed by atoms with E-state index in [0.29, 0.717) is 31.4 Å². The number of pyridine rings is 1. The van der Waals surface area contributed by atoms with Gasteiger partial charge in [-0.25, -0.2) is 0 Å². The molecule has 1 saturated carbocycles. The molecule has 1 aliphatic carbocycles. The molecule has 2 aliphatic rings. The van der Waals surface area contributed by atoms with Crippen molar-refractivity contribution in [2.45, 2.75) is 32.2 Å². The average molecular weight is 300 g/mol. The predicted molar refractivity (Wildman–Crippen MR) is 76.6 cm³/mol. The Morgan fingerprint density at radius 2 is 2.14 bits per heavy atom.